The Morgan fingerprint density at radius 1 is 1.23 bits per heavy atom. The first-order valence-corrected chi connectivity index (χ1v) is 8.16. The van der Waals surface area contributed by atoms with E-state index in [1.807, 2.05) is 13.1 Å². The monoisotopic (exact) mass is 298 g/mol. The molecule has 116 valence electrons. The molecule has 0 bridgehead atoms. The van der Waals surface area contributed by atoms with Crippen molar-refractivity contribution < 1.29 is 9.53 Å². The van der Waals surface area contributed by atoms with Gasteiger partial charge in [0.15, 0.2) is 5.78 Å². The summed E-state index contributed by atoms with van der Waals surface area (Å²) in [6.45, 7) is 4.36. The molecule has 0 spiro atoms. The van der Waals surface area contributed by atoms with E-state index in [2.05, 4.69) is 27.7 Å². The van der Waals surface area contributed by atoms with Crippen LogP contribution >= 0.6 is 0 Å². The third kappa shape index (κ3) is 2.18. The van der Waals surface area contributed by atoms with Gasteiger partial charge in [0.25, 0.3) is 0 Å². The van der Waals surface area contributed by atoms with Crippen molar-refractivity contribution in [2.24, 2.45) is 13.0 Å². The lowest BCUT2D eigenvalue weighted by molar-refractivity contribution is 0.0290. The molecule has 0 radical (unpaired) electrons. The number of benzene rings is 1. The zero-order chi connectivity index (χ0) is 15.1. The minimum Gasteiger partial charge on any atom is -0.379 e. The molecule has 0 amide bonds. The van der Waals surface area contributed by atoms with Crippen LogP contribution in [-0.2, 0) is 18.2 Å². The van der Waals surface area contributed by atoms with E-state index in [4.69, 9.17) is 4.74 Å². The van der Waals surface area contributed by atoms with Gasteiger partial charge in [-0.05, 0) is 24.5 Å². The normalized spacial score (nSPS) is 23.0. The molecule has 1 aromatic heterocycles. The van der Waals surface area contributed by atoms with E-state index >= 15 is 0 Å². The summed E-state index contributed by atoms with van der Waals surface area (Å²) in [6.07, 6.45) is 1.98. The molecule has 0 saturated carbocycles. The molecule has 22 heavy (non-hydrogen) atoms. The number of Topliss-reactive ketones (excluding diaryl/α,β-unsaturated/α-hetero) is 1. The van der Waals surface area contributed by atoms with Crippen LogP contribution in [0.25, 0.3) is 10.9 Å². The first kappa shape index (κ1) is 14.0. The number of nitrogens with zero attached hydrogens (tertiary/aromatic N) is 2. The number of morpholine rings is 1. The maximum atomic E-state index is 13.0. The molecule has 4 heteroatoms. The molecule has 1 fully saturated rings. The van der Waals surface area contributed by atoms with Gasteiger partial charge in [0.1, 0.15) is 0 Å². The van der Waals surface area contributed by atoms with Crippen molar-refractivity contribution in [1.29, 1.82) is 0 Å². The Kier molecular flexibility index (Phi) is 3.51. The number of carbonyl (C=O) groups excluding carboxylic acids is 1. The number of aromatic nitrogens is 1. The van der Waals surface area contributed by atoms with Gasteiger partial charge < -0.3 is 9.30 Å². The van der Waals surface area contributed by atoms with Gasteiger partial charge in [-0.3, -0.25) is 9.69 Å². The van der Waals surface area contributed by atoms with Gasteiger partial charge in [-0.1, -0.05) is 18.2 Å². The molecule has 4 nitrogen and oxygen atoms in total. The number of ether oxygens (including phenoxy) is 1. The van der Waals surface area contributed by atoms with Crippen LogP contribution in [0, 0.1) is 5.92 Å². The van der Waals surface area contributed by atoms with Gasteiger partial charge in [0.05, 0.1) is 18.9 Å². The van der Waals surface area contributed by atoms with Crippen LogP contribution in [0.2, 0.25) is 0 Å². The first-order chi connectivity index (χ1) is 10.8. The summed E-state index contributed by atoms with van der Waals surface area (Å²) < 4.78 is 7.50. The van der Waals surface area contributed by atoms with Gasteiger partial charge in [0, 0.05) is 43.5 Å². The summed E-state index contributed by atoms with van der Waals surface area (Å²) in [6, 6.07) is 8.36. The average molecular weight is 298 g/mol. The SMILES string of the molecule is Cn1c2c(c3ccccc31)CCC(CN1CCOCC1)C2=O. The lowest BCUT2D eigenvalue weighted by Gasteiger charge is -2.31. The molecule has 1 saturated heterocycles. The summed E-state index contributed by atoms with van der Waals surface area (Å²) in [5.74, 6) is 0.458. The van der Waals surface area contributed by atoms with Crippen LogP contribution < -0.4 is 0 Å². The van der Waals surface area contributed by atoms with Crippen LogP contribution in [-0.4, -0.2) is 48.1 Å². The van der Waals surface area contributed by atoms with E-state index in [9.17, 15) is 4.79 Å². The number of fused-ring (bicyclic) bond motifs is 3. The highest BCUT2D eigenvalue weighted by Gasteiger charge is 2.33. The van der Waals surface area contributed by atoms with Crippen LogP contribution in [0.3, 0.4) is 0 Å². The fourth-order valence-corrected chi connectivity index (χ4v) is 3.95. The van der Waals surface area contributed by atoms with Crippen molar-refractivity contribution in [2.75, 3.05) is 32.8 Å². The molecule has 1 aliphatic carbocycles. The quantitative estimate of drug-likeness (QED) is 0.853. The Balaban J connectivity index is 1.65. The van der Waals surface area contributed by atoms with Crippen LogP contribution in [0.15, 0.2) is 24.3 Å². The Hall–Kier alpha value is -1.65. The molecule has 0 N–H and O–H groups in total. The number of aryl methyl sites for hydroxylation is 2. The number of rotatable bonds is 2. The molecular formula is C18H22N2O2. The standard InChI is InChI=1S/C18H22N2O2/c1-19-16-5-3-2-4-14(16)15-7-6-13(18(21)17(15)19)12-20-8-10-22-11-9-20/h2-5,13H,6-12H2,1H3. The second kappa shape index (κ2) is 5.52. The summed E-state index contributed by atoms with van der Waals surface area (Å²) in [5.41, 5.74) is 3.36. The zero-order valence-electron chi connectivity index (χ0n) is 13.0. The second-order valence-electron chi connectivity index (χ2n) is 6.42. The van der Waals surface area contributed by atoms with Crippen molar-refractivity contribution in [3.8, 4) is 0 Å². The van der Waals surface area contributed by atoms with Crippen LogP contribution in [0.5, 0.6) is 0 Å². The van der Waals surface area contributed by atoms with Gasteiger partial charge in [-0.2, -0.15) is 0 Å². The Morgan fingerprint density at radius 2 is 2.00 bits per heavy atom. The highest BCUT2D eigenvalue weighted by atomic mass is 16.5. The average Bonchev–Trinajstić information content (AvgIpc) is 2.85. The summed E-state index contributed by atoms with van der Waals surface area (Å²) in [4.78, 5) is 15.4. The van der Waals surface area contributed by atoms with Crippen molar-refractivity contribution in [3.05, 3.63) is 35.5 Å². The number of hydrogen-bond acceptors (Lipinski definition) is 3. The molecule has 1 atom stereocenters. The Labute approximate surface area is 130 Å². The number of hydrogen-bond donors (Lipinski definition) is 0. The van der Waals surface area contributed by atoms with Crippen LogP contribution in [0.1, 0.15) is 22.5 Å². The minimum atomic E-state index is 0.133. The van der Waals surface area contributed by atoms with E-state index < -0.39 is 0 Å². The van der Waals surface area contributed by atoms with Crippen molar-refractivity contribution in [2.45, 2.75) is 12.8 Å². The number of para-hydroxylation sites is 1. The smallest absolute Gasteiger partial charge is 0.183 e. The molecule has 4 rings (SSSR count). The largest absolute Gasteiger partial charge is 0.379 e. The molecular weight excluding hydrogens is 276 g/mol. The Bertz CT molecular complexity index is 713. The lowest BCUT2D eigenvalue weighted by atomic mass is 9.85. The minimum absolute atomic E-state index is 0.133. The topological polar surface area (TPSA) is 34.5 Å². The van der Waals surface area contributed by atoms with Crippen molar-refractivity contribution in [1.82, 2.24) is 9.47 Å². The predicted molar refractivity (Wildman–Crippen MR) is 86.3 cm³/mol. The van der Waals surface area contributed by atoms with Crippen molar-refractivity contribution >= 4 is 16.7 Å². The third-order valence-corrected chi connectivity index (χ3v) is 5.14. The summed E-state index contributed by atoms with van der Waals surface area (Å²) in [5, 5.41) is 1.25. The maximum Gasteiger partial charge on any atom is 0.183 e. The zero-order valence-corrected chi connectivity index (χ0v) is 13.0. The van der Waals surface area contributed by atoms with Crippen LogP contribution in [0.4, 0.5) is 0 Å². The third-order valence-electron chi connectivity index (χ3n) is 5.14. The second-order valence-corrected chi connectivity index (χ2v) is 6.42. The summed E-state index contributed by atoms with van der Waals surface area (Å²) in [7, 11) is 2.02. The molecule has 2 aromatic rings. The molecule has 1 unspecified atom stereocenters. The fourth-order valence-electron chi connectivity index (χ4n) is 3.95. The van der Waals surface area contributed by atoms with E-state index in [-0.39, 0.29) is 5.92 Å². The highest BCUT2D eigenvalue weighted by Crippen LogP contribution is 2.33. The maximum absolute atomic E-state index is 13.0. The van der Waals surface area contributed by atoms with Gasteiger partial charge in [0.2, 0.25) is 0 Å². The number of ketones is 1. The molecule has 1 aromatic carbocycles. The lowest BCUT2D eigenvalue weighted by Crippen LogP contribution is -2.42. The van der Waals surface area contributed by atoms with Gasteiger partial charge in [-0.15, -0.1) is 0 Å². The molecule has 1 aliphatic heterocycles. The number of carbonyl (C=O) groups is 1. The Morgan fingerprint density at radius 3 is 2.82 bits per heavy atom. The predicted octanol–water partition coefficient (Wildman–Crippen LogP) is 2.26. The summed E-state index contributed by atoms with van der Waals surface area (Å²) >= 11 is 0. The van der Waals surface area contributed by atoms with Gasteiger partial charge >= 0.3 is 0 Å². The first-order valence-electron chi connectivity index (χ1n) is 8.16. The molecule has 2 aliphatic rings. The van der Waals surface area contributed by atoms with E-state index in [1.54, 1.807) is 0 Å². The van der Waals surface area contributed by atoms with E-state index in [1.165, 1.54) is 16.5 Å². The van der Waals surface area contributed by atoms with E-state index in [0.717, 1.165) is 51.4 Å². The fraction of sp³-hybridized carbons (Fsp3) is 0.500. The van der Waals surface area contributed by atoms with Crippen molar-refractivity contribution in [3.63, 3.8) is 0 Å². The van der Waals surface area contributed by atoms with Gasteiger partial charge in [-0.25, -0.2) is 0 Å². The highest BCUT2D eigenvalue weighted by molar-refractivity contribution is 6.05. The van der Waals surface area contributed by atoms with E-state index in [0.29, 0.717) is 5.78 Å². The molecule has 2 heterocycles.